The summed E-state index contributed by atoms with van der Waals surface area (Å²) in [7, 11) is 0. The SMILES string of the molecule is CC(Cl)C(F)C(Cl)C(F)CC(N)C(F)(F)F. The molecular weight excluding hydrogens is 276 g/mol. The van der Waals surface area contributed by atoms with E-state index in [1.54, 1.807) is 0 Å². The molecule has 0 bridgehead atoms. The van der Waals surface area contributed by atoms with Crippen LogP contribution in [0.15, 0.2) is 0 Å². The molecule has 0 aromatic carbocycles. The van der Waals surface area contributed by atoms with Crippen LogP contribution >= 0.6 is 23.2 Å². The van der Waals surface area contributed by atoms with Crippen LogP contribution in [-0.4, -0.2) is 35.3 Å². The van der Waals surface area contributed by atoms with E-state index in [2.05, 4.69) is 5.73 Å². The molecule has 0 aliphatic heterocycles. The summed E-state index contributed by atoms with van der Waals surface area (Å²) in [5.74, 6) is 0. The second kappa shape index (κ2) is 6.21. The zero-order valence-electron chi connectivity index (χ0n) is 8.32. The lowest BCUT2D eigenvalue weighted by molar-refractivity contribution is -0.152. The van der Waals surface area contributed by atoms with Gasteiger partial charge in [0.25, 0.3) is 0 Å². The van der Waals surface area contributed by atoms with Gasteiger partial charge in [-0.05, 0) is 6.92 Å². The first-order chi connectivity index (χ1) is 7.07. The van der Waals surface area contributed by atoms with Gasteiger partial charge in [-0.2, -0.15) is 13.2 Å². The summed E-state index contributed by atoms with van der Waals surface area (Å²) < 4.78 is 62.2. The van der Waals surface area contributed by atoms with E-state index in [0.717, 1.165) is 0 Å². The molecule has 0 radical (unpaired) electrons. The molecule has 0 aliphatic rings. The minimum atomic E-state index is -4.72. The van der Waals surface area contributed by atoms with Crippen molar-refractivity contribution in [3.05, 3.63) is 0 Å². The van der Waals surface area contributed by atoms with Gasteiger partial charge in [0, 0.05) is 6.42 Å². The van der Waals surface area contributed by atoms with Crippen molar-refractivity contribution in [3.63, 3.8) is 0 Å². The maximum Gasteiger partial charge on any atom is 0.403 e. The summed E-state index contributed by atoms with van der Waals surface area (Å²) in [6.45, 7) is 1.23. The number of nitrogens with two attached hydrogens (primary N) is 1. The van der Waals surface area contributed by atoms with Crippen LogP contribution in [0, 0.1) is 0 Å². The van der Waals surface area contributed by atoms with Crippen molar-refractivity contribution < 1.29 is 22.0 Å². The lowest BCUT2D eigenvalue weighted by atomic mass is 10.0. The van der Waals surface area contributed by atoms with Crippen LogP contribution in [0.25, 0.3) is 0 Å². The zero-order valence-corrected chi connectivity index (χ0v) is 9.83. The first-order valence-electron chi connectivity index (χ1n) is 4.46. The van der Waals surface area contributed by atoms with Gasteiger partial charge in [0.05, 0.1) is 10.8 Å². The molecule has 2 N–H and O–H groups in total. The Morgan fingerprint density at radius 2 is 1.62 bits per heavy atom. The number of halogens is 7. The highest BCUT2D eigenvalue weighted by Gasteiger charge is 2.41. The fourth-order valence-electron chi connectivity index (χ4n) is 0.959. The number of rotatable bonds is 5. The Balaban J connectivity index is 4.31. The predicted molar refractivity (Wildman–Crippen MR) is 53.4 cm³/mol. The Bertz CT molecular complexity index is 211. The molecule has 98 valence electrons. The van der Waals surface area contributed by atoms with Gasteiger partial charge >= 0.3 is 6.18 Å². The van der Waals surface area contributed by atoms with Gasteiger partial charge in [-0.1, -0.05) is 0 Å². The molecule has 5 atom stereocenters. The van der Waals surface area contributed by atoms with Crippen molar-refractivity contribution in [2.75, 3.05) is 0 Å². The molecule has 0 heterocycles. The summed E-state index contributed by atoms with van der Waals surface area (Å²) in [6.07, 6.45) is -9.94. The van der Waals surface area contributed by atoms with Crippen LogP contribution in [-0.2, 0) is 0 Å². The second-order valence-electron chi connectivity index (χ2n) is 3.47. The van der Waals surface area contributed by atoms with Gasteiger partial charge in [0.1, 0.15) is 18.4 Å². The third kappa shape index (κ3) is 5.01. The number of hydrogen-bond donors (Lipinski definition) is 1. The summed E-state index contributed by atoms with van der Waals surface area (Å²) in [6, 6.07) is -2.36. The van der Waals surface area contributed by atoms with E-state index in [9.17, 15) is 22.0 Å². The molecule has 0 saturated carbocycles. The Morgan fingerprint density at radius 3 is 1.94 bits per heavy atom. The summed E-state index contributed by atoms with van der Waals surface area (Å²) in [5, 5.41) is -2.82. The van der Waals surface area contributed by atoms with E-state index in [1.165, 1.54) is 6.92 Å². The molecule has 0 aromatic rings. The van der Waals surface area contributed by atoms with E-state index < -0.39 is 41.7 Å². The number of hydrogen-bond acceptors (Lipinski definition) is 1. The van der Waals surface area contributed by atoms with Crippen LogP contribution in [0.4, 0.5) is 22.0 Å². The van der Waals surface area contributed by atoms with Crippen LogP contribution in [0.1, 0.15) is 13.3 Å². The molecule has 0 amide bonds. The van der Waals surface area contributed by atoms with E-state index >= 15 is 0 Å². The standard InChI is InChI=1S/C8H12Cl2F5N/c1-3(9)7(12)6(10)4(11)2-5(16)8(13,14)15/h3-7H,2,16H2,1H3. The third-order valence-electron chi connectivity index (χ3n) is 1.99. The Labute approximate surface area is 100 Å². The van der Waals surface area contributed by atoms with E-state index in [1.807, 2.05) is 0 Å². The highest BCUT2D eigenvalue weighted by atomic mass is 35.5. The lowest BCUT2D eigenvalue weighted by Gasteiger charge is -2.23. The summed E-state index contributed by atoms with van der Waals surface area (Å²) >= 11 is 10.6. The molecule has 0 rings (SSSR count). The van der Waals surface area contributed by atoms with E-state index in [4.69, 9.17) is 23.2 Å². The molecule has 0 spiro atoms. The molecule has 5 unspecified atom stereocenters. The van der Waals surface area contributed by atoms with Crippen LogP contribution in [0.5, 0.6) is 0 Å². The Morgan fingerprint density at radius 1 is 1.19 bits per heavy atom. The highest BCUT2D eigenvalue weighted by Crippen LogP contribution is 2.27. The first-order valence-corrected chi connectivity index (χ1v) is 5.33. The largest absolute Gasteiger partial charge is 0.403 e. The van der Waals surface area contributed by atoms with Crippen LogP contribution in [0.2, 0.25) is 0 Å². The van der Waals surface area contributed by atoms with Crippen molar-refractivity contribution in [3.8, 4) is 0 Å². The van der Waals surface area contributed by atoms with Crippen molar-refractivity contribution >= 4 is 23.2 Å². The smallest absolute Gasteiger partial charge is 0.320 e. The minimum Gasteiger partial charge on any atom is -0.320 e. The lowest BCUT2D eigenvalue weighted by Crippen LogP contribution is -2.43. The molecule has 1 nitrogen and oxygen atoms in total. The average Bonchev–Trinajstić information content (AvgIpc) is 2.13. The fraction of sp³-hybridized carbons (Fsp3) is 1.00. The molecule has 0 aliphatic carbocycles. The first kappa shape index (κ1) is 16.2. The maximum absolute atomic E-state index is 13.2. The van der Waals surface area contributed by atoms with Crippen LogP contribution < -0.4 is 5.73 Å². The van der Waals surface area contributed by atoms with E-state index in [0.29, 0.717) is 0 Å². The Kier molecular flexibility index (Phi) is 6.29. The Hall–Kier alpha value is 0.190. The van der Waals surface area contributed by atoms with E-state index in [-0.39, 0.29) is 0 Å². The topological polar surface area (TPSA) is 26.0 Å². The maximum atomic E-state index is 13.2. The van der Waals surface area contributed by atoms with Gasteiger partial charge in [-0.15, -0.1) is 23.2 Å². The second-order valence-corrected chi connectivity index (χ2v) is 4.66. The molecule has 16 heavy (non-hydrogen) atoms. The van der Waals surface area contributed by atoms with Gasteiger partial charge in [0.15, 0.2) is 0 Å². The van der Waals surface area contributed by atoms with Gasteiger partial charge < -0.3 is 5.73 Å². The van der Waals surface area contributed by atoms with Gasteiger partial charge in [-0.3, -0.25) is 0 Å². The van der Waals surface area contributed by atoms with Gasteiger partial charge in [-0.25, -0.2) is 8.78 Å². The molecular formula is C8H12Cl2F5N. The molecule has 0 aromatic heterocycles. The monoisotopic (exact) mass is 287 g/mol. The molecule has 0 saturated heterocycles. The van der Waals surface area contributed by atoms with Crippen molar-refractivity contribution in [1.82, 2.24) is 0 Å². The molecule has 8 heteroatoms. The normalized spacial score (nSPS) is 22.3. The highest BCUT2D eigenvalue weighted by molar-refractivity contribution is 6.24. The molecule has 0 fully saturated rings. The average molecular weight is 288 g/mol. The van der Waals surface area contributed by atoms with Crippen LogP contribution in [0.3, 0.4) is 0 Å². The summed E-state index contributed by atoms with van der Waals surface area (Å²) in [5.41, 5.74) is 4.69. The predicted octanol–water partition coefficient (Wildman–Crippen LogP) is 3.18. The zero-order chi connectivity index (χ0) is 13.1. The minimum absolute atomic E-state index is 1.08. The third-order valence-corrected chi connectivity index (χ3v) is 2.74. The van der Waals surface area contributed by atoms with Crippen molar-refractivity contribution in [2.24, 2.45) is 5.73 Å². The number of alkyl halides is 7. The summed E-state index contributed by atoms with van der Waals surface area (Å²) in [4.78, 5) is 0. The van der Waals surface area contributed by atoms with Crippen molar-refractivity contribution in [2.45, 2.75) is 48.7 Å². The fourth-order valence-corrected chi connectivity index (χ4v) is 1.51. The van der Waals surface area contributed by atoms with Gasteiger partial charge in [0.2, 0.25) is 0 Å². The van der Waals surface area contributed by atoms with Crippen molar-refractivity contribution in [1.29, 1.82) is 0 Å². The quantitative estimate of drug-likeness (QED) is 0.610.